The number of aromatic nitrogens is 3. The van der Waals surface area contributed by atoms with Crippen LogP contribution < -0.4 is 5.32 Å². The summed E-state index contributed by atoms with van der Waals surface area (Å²) in [4.78, 5) is 13.9. The topological polar surface area (TPSA) is 61.6 Å². The van der Waals surface area contributed by atoms with E-state index in [1.165, 1.54) is 5.56 Å². The Labute approximate surface area is 192 Å². The average Bonchev–Trinajstić information content (AvgIpc) is 3.10. The van der Waals surface area contributed by atoms with Crippen LogP contribution in [-0.2, 0) is 13.6 Å². The van der Waals surface area contributed by atoms with E-state index in [1.54, 1.807) is 11.0 Å². The highest BCUT2D eigenvalue weighted by Crippen LogP contribution is 2.23. The van der Waals surface area contributed by atoms with Crippen molar-refractivity contribution in [1.29, 1.82) is 0 Å². The van der Waals surface area contributed by atoms with E-state index in [0.29, 0.717) is 12.6 Å². The molecule has 1 unspecified atom stereocenters. The molecule has 1 fully saturated rings. The number of halogens is 2. The molecule has 1 aromatic carbocycles. The first kappa shape index (κ1) is 23.1. The zero-order valence-electron chi connectivity index (χ0n) is 16.7. The number of benzene rings is 1. The number of guanidine groups is 1. The lowest BCUT2D eigenvalue weighted by molar-refractivity contribution is 0.138. The molecule has 0 amide bonds. The van der Waals surface area contributed by atoms with Crippen LogP contribution in [0.4, 0.5) is 0 Å². The lowest BCUT2D eigenvalue weighted by atomic mass is 10.1. The quantitative estimate of drug-likeness (QED) is 0.345. The maximum atomic E-state index is 4.76. The summed E-state index contributed by atoms with van der Waals surface area (Å²) in [5.74, 6) is 1.82. The van der Waals surface area contributed by atoms with Crippen LogP contribution in [0.3, 0.4) is 0 Å². The van der Waals surface area contributed by atoms with Crippen LogP contribution in [0.15, 0.2) is 40.1 Å². The maximum absolute atomic E-state index is 4.76. The molecular formula is C19H29BrIN7. The van der Waals surface area contributed by atoms with Gasteiger partial charge >= 0.3 is 0 Å². The van der Waals surface area contributed by atoms with E-state index < -0.39 is 0 Å². The highest BCUT2D eigenvalue weighted by molar-refractivity contribution is 14.0. The van der Waals surface area contributed by atoms with Gasteiger partial charge in [0.15, 0.2) is 5.96 Å². The van der Waals surface area contributed by atoms with Crippen LogP contribution >= 0.6 is 39.9 Å². The predicted molar refractivity (Wildman–Crippen MR) is 127 cm³/mol. The second-order valence-corrected chi connectivity index (χ2v) is 7.64. The van der Waals surface area contributed by atoms with Gasteiger partial charge in [-0.25, -0.2) is 9.98 Å². The van der Waals surface area contributed by atoms with Gasteiger partial charge < -0.3 is 10.2 Å². The molecule has 7 nitrogen and oxygen atoms in total. The fraction of sp³-hybridized carbons (Fsp3) is 0.526. The van der Waals surface area contributed by atoms with E-state index in [0.717, 1.165) is 49.0 Å². The van der Waals surface area contributed by atoms with Gasteiger partial charge in [0, 0.05) is 50.3 Å². The molecule has 0 spiro atoms. The fourth-order valence-corrected chi connectivity index (χ4v) is 3.57. The van der Waals surface area contributed by atoms with E-state index >= 15 is 0 Å². The normalized spacial score (nSPS) is 16.6. The number of hydrogen-bond acceptors (Lipinski definition) is 4. The number of aryl methyl sites for hydroxylation is 1. The van der Waals surface area contributed by atoms with Crippen LogP contribution in [0.25, 0.3) is 0 Å². The minimum absolute atomic E-state index is 0. The summed E-state index contributed by atoms with van der Waals surface area (Å²) in [5.41, 5.74) is 1.36. The number of aliphatic imine (C=N–C) groups is 1. The number of nitrogens with zero attached hydrogens (tertiary/aromatic N) is 6. The number of nitrogens with one attached hydrogen (secondary N) is 1. The van der Waals surface area contributed by atoms with Crippen molar-refractivity contribution in [2.45, 2.75) is 26.4 Å². The van der Waals surface area contributed by atoms with Crippen molar-refractivity contribution in [3.05, 3.63) is 46.5 Å². The van der Waals surface area contributed by atoms with E-state index in [-0.39, 0.29) is 24.0 Å². The van der Waals surface area contributed by atoms with Crippen molar-refractivity contribution >= 4 is 45.9 Å². The smallest absolute Gasteiger partial charge is 0.194 e. The number of hydrogen-bond donors (Lipinski definition) is 1. The summed E-state index contributed by atoms with van der Waals surface area (Å²) in [5, 5.41) is 7.52. The van der Waals surface area contributed by atoms with Crippen molar-refractivity contribution in [3.63, 3.8) is 0 Å². The molecule has 0 radical (unpaired) electrons. The average molecular weight is 562 g/mol. The Hall–Kier alpha value is -1.20. The summed E-state index contributed by atoms with van der Waals surface area (Å²) in [6.45, 7) is 9.74. The molecule has 0 aliphatic carbocycles. The van der Waals surface area contributed by atoms with Gasteiger partial charge in [0.05, 0.1) is 0 Å². The van der Waals surface area contributed by atoms with Crippen molar-refractivity contribution in [3.8, 4) is 0 Å². The molecule has 1 saturated heterocycles. The highest BCUT2D eigenvalue weighted by atomic mass is 127. The Bertz CT molecular complexity index is 754. The summed E-state index contributed by atoms with van der Waals surface area (Å²) >= 11 is 3.51. The maximum Gasteiger partial charge on any atom is 0.194 e. The number of piperazine rings is 1. The van der Waals surface area contributed by atoms with Crippen LogP contribution in [0, 0.1) is 0 Å². The van der Waals surface area contributed by atoms with E-state index in [2.05, 4.69) is 79.2 Å². The molecule has 2 heterocycles. The van der Waals surface area contributed by atoms with Gasteiger partial charge in [-0.1, -0.05) is 28.1 Å². The Morgan fingerprint density at radius 2 is 1.89 bits per heavy atom. The third-order valence-electron chi connectivity index (χ3n) is 5.02. The van der Waals surface area contributed by atoms with Crippen molar-refractivity contribution in [1.82, 2.24) is 29.9 Å². The summed E-state index contributed by atoms with van der Waals surface area (Å²) < 4.78 is 2.89. The van der Waals surface area contributed by atoms with Gasteiger partial charge in [0.1, 0.15) is 18.7 Å². The SMILES string of the molecule is CCNC(=NCc1ncnn1C)N1CCN(C(C)c2ccc(Br)cc2)CC1.I. The molecule has 1 aliphatic heterocycles. The van der Waals surface area contributed by atoms with Crippen molar-refractivity contribution < 1.29 is 0 Å². The summed E-state index contributed by atoms with van der Waals surface area (Å²) in [7, 11) is 1.90. The number of rotatable bonds is 5. The van der Waals surface area contributed by atoms with E-state index in [9.17, 15) is 0 Å². The van der Waals surface area contributed by atoms with Gasteiger partial charge in [-0.3, -0.25) is 9.58 Å². The zero-order valence-corrected chi connectivity index (χ0v) is 20.6. The first-order valence-corrected chi connectivity index (χ1v) is 10.2. The highest BCUT2D eigenvalue weighted by Gasteiger charge is 2.23. The minimum atomic E-state index is 0. The van der Waals surface area contributed by atoms with Crippen LogP contribution in [-0.4, -0.2) is 63.2 Å². The summed E-state index contributed by atoms with van der Waals surface area (Å²) in [6, 6.07) is 9.05. The molecular weight excluding hydrogens is 533 g/mol. The Kier molecular flexibility index (Phi) is 9.16. The lowest BCUT2D eigenvalue weighted by Crippen LogP contribution is -2.52. The fourth-order valence-electron chi connectivity index (χ4n) is 3.31. The zero-order chi connectivity index (χ0) is 19.2. The van der Waals surface area contributed by atoms with Gasteiger partial charge in [0.25, 0.3) is 0 Å². The second kappa shape index (κ2) is 11.1. The molecule has 154 valence electrons. The van der Waals surface area contributed by atoms with Gasteiger partial charge in [0.2, 0.25) is 0 Å². The molecule has 1 N–H and O–H groups in total. The van der Waals surface area contributed by atoms with Gasteiger partial charge in [-0.15, -0.1) is 24.0 Å². The minimum Gasteiger partial charge on any atom is -0.357 e. The standard InChI is InChI=1S/C19H28BrN7.HI/c1-4-21-19(22-13-18-23-14-24-25(18)3)27-11-9-26(10-12-27)15(2)16-5-7-17(20)8-6-16;/h5-8,14-15H,4,9-13H2,1-3H3,(H,21,22);1H. The molecule has 28 heavy (non-hydrogen) atoms. The molecule has 1 atom stereocenters. The van der Waals surface area contributed by atoms with Gasteiger partial charge in [-0.05, 0) is 31.5 Å². The largest absolute Gasteiger partial charge is 0.357 e. The molecule has 9 heteroatoms. The lowest BCUT2D eigenvalue weighted by Gasteiger charge is -2.39. The Morgan fingerprint density at radius 3 is 2.46 bits per heavy atom. The molecule has 1 aromatic heterocycles. The molecule has 0 bridgehead atoms. The van der Waals surface area contributed by atoms with Crippen molar-refractivity contribution in [2.75, 3.05) is 32.7 Å². The first-order chi connectivity index (χ1) is 13.1. The van der Waals surface area contributed by atoms with Crippen LogP contribution in [0.1, 0.15) is 31.3 Å². The van der Waals surface area contributed by atoms with Crippen LogP contribution in [0.5, 0.6) is 0 Å². The van der Waals surface area contributed by atoms with Gasteiger partial charge in [-0.2, -0.15) is 5.10 Å². The monoisotopic (exact) mass is 561 g/mol. The predicted octanol–water partition coefficient (Wildman–Crippen LogP) is 3.04. The third kappa shape index (κ3) is 5.90. The third-order valence-corrected chi connectivity index (χ3v) is 5.55. The Morgan fingerprint density at radius 1 is 1.21 bits per heavy atom. The van der Waals surface area contributed by atoms with E-state index in [4.69, 9.17) is 4.99 Å². The van der Waals surface area contributed by atoms with E-state index in [1.807, 2.05) is 7.05 Å². The van der Waals surface area contributed by atoms with Crippen molar-refractivity contribution in [2.24, 2.45) is 12.0 Å². The molecule has 0 saturated carbocycles. The first-order valence-electron chi connectivity index (χ1n) is 9.44. The molecule has 2 aromatic rings. The molecule has 3 rings (SSSR count). The summed E-state index contributed by atoms with van der Waals surface area (Å²) in [6.07, 6.45) is 1.57. The molecule has 1 aliphatic rings. The second-order valence-electron chi connectivity index (χ2n) is 6.72. The van der Waals surface area contributed by atoms with Crippen LogP contribution in [0.2, 0.25) is 0 Å². The Balaban J connectivity index is 0.00000280.